The van der Waals surface area contributed by atoms with E-state index in [0.29, 0.717) is 16.3 Å². The zero-order valence-electron chi connectivity index (χ0n) is 15.8. The van der Waals surface area contributed by atoms with Crippen LogP contribution in [0.1, 0.15) is 30.4 Å². The highest BCUT2D eigenvalue weighted by atomic mass is 16.1. The second-order valence-corrected chi connectivity index (χ2v) is 8.33. The van der Waals surface area contributed by atoms with E-state index >= 15 is 0 Å². The minimum absolute atomic E-state index is 0.155. The number of pyridine rings is 1. The molecule has 2 bridgehead atoms. The van der Waals surface area contributed by atoms with Crippen LogP contribution in [0.4, 0.5) is 0 Å². The molecule has 2 heterocycles. The second kappa shape index (κ2) is 6.92. The van der Waals surface area contributed by atoms with Crippen molar-refractivity contribution in [2.75, 3.05) is 13.1 Å². The molecule has 1 N–H and O–H groups in total. The number of hydrogen-bond acceptors (Lipinski definition) is 3. The zero-order valence-corrected chi connectivity index (χ0v) is 15.8. The lowest BCUT2D eigenvalue weighted by atomic mass is 9.98. The molecule has 3 aromatic rings. The lowest BCUT2D eigenvalue weighted by Crippen LogP contribution is -2.35. The van der Waals surface area contributed by atoms with Crippen molar-refractivity contribution < 1.29 is 0 Å². The Kier molecular flexibility index (Phi) is 4.26. The Balaban J connectivity index is 1.41. The Hall–Kier alpha value is -2.90. The van der Waals surface area contributed by atoms with Gasteiger partial charge in [-0.25, -0.2) is 0 Å². The molecule has 2 fully saturated rings. The molecule has 0 amide bonds. The average Bonchev–Trinajstić information content (AvgIpc) is 3.06. The van der Waals surface area contributed by atoms with Crippen LogP contribution in [0, 0.1) is 23.2 Å². The van der Waals surface area contributed by atoms with E-state index in [2.05, 4.69) is 40.2 Å². The monoisotopic (exact) mass is 369 g/mol. The maximum atomic E-state index is 12.5. The average molecular weight is 369 g/mol. The summed E-state index contributed by atoms with van der Waals surface area (Å²) in [5.74, 6) is 1.80. The molecular weight excluding hydrogens is 346 g/mol. The molecule has 0 spiro atoms. The number of benzene rings is 2. The second-order valence-electron chi connectivity index (χ2n) is 8.33. The number of fused-ring (bicyclic) bond motifs is 3. The summed E-state index contributed by atoms with van der Waals surface area (Å²) in [4.78, 5) is 18.0. The zero-order chi connectivity index (χ0) is 19.1. The van der Waals surface area contributed by atoms with Gasteiger partial charge in [-0.05, 0) is 60.4 Å². The smallest absolute Gasteiger partial charge is 0.256 e. The summed E-state index contributed by atoms with van der Waals surface area (Å²) in [5, 5.41) is 10.6. The first-order chi connectivity index (χ1) is 13.7. The molecule has 1 aliphatic carbocycles. The number of nitrogens with zero attached hydrogens (tertiary/aromatic N) is 2. The van der Waals surface area contributed by atoms with Crippen LogP contribution < -0.4 is 5.56 Å². The van der Waals surface area contributed by atoms with E-state index in [-0.39, 0.29) is 5.56 Å². The Labute approximate surface area is 164 Å². The number of rotatable bonds is 3. The molecule has 1 aliphatic heterocycles. The van der Waals surface area contributed by atoms with Crippen molar-refractivity contribution in [2.24, 2.45) is 11.8 Å². The molecule has 0 radical (unpaired) electrons. The van der Waals surface area contributed by atoms with Gasteiger partial charge in [0.25, 0.3) is 5.56 Å². The summed E-state index contributed by atoms with van der Waals surface area (Å²) < 4.78 is 0. The molecule has 4 heteroatoms. The standard InChI is InChI=1S/C24H23N3O/c25-12-20-2-1-3-21-22(20)11-23(26-24(21)28)19-8-6-16(7-9-19)13-27-14-17-4-5-18(10-17)15-27/h1-3,6-9,11,17-18H,4-5,10,13-15H2,(H,26,28). The van der Waals surface area contributed by atoms with Crippen molar-refractivity contribution in [1.29, 1.82) is 5.26 Å². The molecule has 5 rings (SSSR count). The third-order valence-electron chi connectivity index (χ3n) is 6.36. The largest absolute Gasteiger partial charge is 0.321 e. The first kappa shape index (κ1) is 17.2. The van der Waals surface area contributed by atoms with E-state index < -0.39 is 0 Å². The Morgan fingerprint density at radius 2 is 1.79 bits per heavy atom. The van der Waals surface area contributed by atoms with Gasteiger partial charge in [-0.3, -0.25) is 9.69 Å². The van der Waals surface area contributed by atoms with E-state index in [1.807, 2.05) is 6.07 Å². The molecule has 1 saturated carbocycles. The fraction of sp³-hybridized carbons (Fsp3) is 0.333. The maximum Gasteiger partial charge on any atom is 0.256 e. The van der Waals surface area contributed by atoms with Crippen LogP contribution in [0.3, 0.4) is 0 Å². The molecule has 2 aliphatic rings. The maximum absolute atomic E-state index is 12.5. The summed E-state index contributed by atoms with van der Waals surface area (Å²) in [7, 11) is 0. The number of aromatic amines is 1. The number of H-pyrrole nitrogens is 1. The van der Waals surface area contributed by atoms with Crippen LogP contribution >= 0.6 is 0 Å². The minimum Gasteiger partial charge on any atom is -0.321 e. The van der Waals surface area contributed by atoms with Gasteiger partial charge < -0.3 is 4.98 Å². The lowest BCUT2D eigenvalue weighted by Gasteiger charge is -2.31. The van der Waals surface area contributed by atoms with E-state index in [0.717, 1.165) is 29.6 Å². The minimum atomic E-state index is -0.155. The van der Waals surface area contributed by atoms with Crippen LogP contribution in [-0.2, 0) is 6.54 Å². The summed E-state index contributed by atoms with van der Waals surface area (Å²) in [6, 6.07) is 17.8. The summed E-state index contributed by atoms with van der Waals surface area (Å²) in [6.07, 6.45) is 4.23. The molecule has 1 saturated heterocycles. The van der Waals surface area contributed by atoms with Gasteiger partial charge in [-0.1, -0.05) is 30.3 Å². The van der Waals surface area contributed by atoms with Crippen molar-refractivity contribution in [3.05, 3.63) is 70.0 Å². The van der Waals surface area contributed by atoms with Crippen molar-refractivity contribution in [2.45, 2.75) is 25.8 Å². The van der Waals surface area contributed by atoms with Crippen LogP contribution in [0.15, 0.2) is 53.3 Å². The van der Waals surface area contributed by atoms with Gasteiger partial charge in [0.2, 0.25) is 0 Å². The Morgan fingerprint density at radius 3 is 2.50 bits per heavy atom. The number of nitrogens with one attached hydrogen (secondary N) is 1. The van der Waals surface area contributed by atoms with Crippen molar-refractivity contribution in [3.63, 3.8) is 0 Å². The van der Waals surface area contributed by atoms with Crippen LogP contribution in [0.5, 0.6) is 0 Å². The van der Waals surface area contributed by atoms with Crippen molar-refractivity contribution in [1.82, 2.24) is 9.88 Å². The van der Waals surface area contributed by atoms with Crippen LogP contribution in [0.25, 0.3) is 22.0 Å². The van der Waals surface area contributed by atoms with Crippen molar-refractivity contribution in [3.8, 4) is 17.3 Å². The van der Waals surface area contributed by atoms with Gasteiger partial charge in [0.05, 0.1) is 11.6 Å². The normalized spacial score (nSPS) is 21.7. The van der Waals surface area contributed by atoms with E-state index in [4.69, 9.17) is 0 Å². The fourth-order valence-corrected chi connectivity index (χ4v) is 5.03. The molecule has 4 nitrogen and oxygen atoms in total. The molecular formula is C24H23N3O. The lowest BCUT2D eigenvalue weighted by molar-refractivity contribution is 0.161. The van der Waals surface area contributed by atoms with E-state index in [9.17, 15) is 10.1 Å². The first-order valence-corrected chi connectivity index (χ1v) is 10.1. The Bertz CT molecular complexity index is 1110. The molecule has 2 atom stereocenters. The van der Waals surface area contributed by atoms with Gasteiger partial charge in [-0.2, -0.15) is 5.26 Å². The number of nitriles is 1. The summed E-state index contributed by atoms with van der Waals surface area (Å²) >= 11 is 0. The third-order valence-corrected chi connectivity index (χ3v) is 6.36. The van der Waals surface area contributed by atoms with Gasteiger partial charge in [0.1, 0.15) is 0 Å². The first-order valence-electron chi connectivity index (χ1n) is 10.1. The highest BCUT2D eigenvalue weighted by Gasteiger charge is 2.32. The number of piperidine rings is 1. The molecule has 140 valence electrons. The predicted octanol–water partition coefficient (Wildman–Crippen LogP) is 4.30. The molecule has 2 unspecified atom stereocenters. The van der Waals surface area contributed by atoms with Crippen LogP contribution in [-0.4, -0.2) is 23.0 Å². The molecule has 28 heavy (non-hydrogen) atoms. The van der Waals surface area contributed by atoms with Gasteiger partial charge in [0, 0.05) is 36.1 Å². The predicted molar refractivity (Wildman–Crippen MR) is 111 cm³/mol. The Morgan fingerprint density at radius 1 is 1.04 bits per heavy atom. The highest BCUT2D eigenvalue weighted by Crippen LogP contribution is 2.36. The number of likely N-dealkylation sites (tertiary alicyclic amines) is 1. The van der Waals surface area contributed by atoms with Gasteiger partial charge >= 0.3 is 0 Å². The van der Waals surface area contributed by atoms with E-state index in [1.165, 1.54) is 37.9 Å². The summed E-state index contributed by atoms with van der Waals surface area (Å²) in [6.45, 7) is 3.46. The van der Waals surface area contributed by atoms with Gasteiger partial charge in [-0.15, -0.1) is 0 Å². The number of aromatic nitrogens is 1. The van der Waals surface area contributed by atoms with Crippen LogP contribution in [0.2, 0.25) is 0 Å². The summed E-state index contributed by atoms with van der Waals surface area (Å²) in [5.41, 5.74) is 3.40. The molecule has 2 aromatic carbocycles. The number of hydrogen-bond donors (Lipinski definition) is 1. The fourth-order valence-electron chi connectivity index (χ4n) is 5.03. The third kappa shape index (κ3) is 3.12. The molecule has 1 aromatic heterocycles. The van der Waals surface area contributed by atoms with E-state index in [1.54, 1.807) is 18.2 Å². The highest BCUT2D eigenvalue weighted by molar-refractivity contribution is 5.89. The van der Waals surface area contributed by atoms with Gasteiger partial charge in [0.15, 0.2) is 0 Å². The van der Waals surface area contributed by atoms with Crippen molar-refractivity contribution >= 4 is 10.8 Å². The SMILES string of the molecule is N#Cc1cccc2c(=O)[nH]c(-c3ccc(CN4CC5CCC(C5)C4)cc3)cc12. The topological polar surface area (TPSA) is 59.9 Å². The quantitative estimate of drug-likeness (QED) is 0.749.